The second kappa shape index (κ2) is 3.73. The molecule has 0 N–H and O–H groups in total. The number of carbonyl (C=O) groups excluding carboxylic acids is 1. The normalized spacial score (nSPS) is 10.3. The Morgan fingerprint density at radius 3 is 2.47 bits per heavy atom. The highest BCUT2D eigenvalue weighted by Gasteiger charge is 2.15. The van der Waals surface area contributed by atoms with Crippen molar-refractivity contribution in [2.24, 2.45) is 0 Å². The lowest BCUT2D eigenvalue weighted by atomic mass is 10.1. The van der Waals surface area contributed by atoms with Crippen LogP contribution < -0.4 is 0 Å². The van der Waals surface area contributed by atoms with E-state index in [0.717, 1.165) is 16.7 Å². The van der Waals surface area contributed by atoms with Crippen molar-refractivity contribution < 1.29 is 4.79 Å². The predicted molar refractivity (Wildman–Crippen MR) is 61.1 cm³/mol. The molecule has 2 nitrogen and oxygen atoms in total. The lowest BCUT2D eigenvalue weighted by molar-refractivity contribution is 0.0829. The van der Waals surface area contributed by atoms with Crippen LogP contribution in [0.2, 0.25) is 0 Å². The van der Waals surface area contributed by atoms with Gasteiger partial charge in [0.05, 0.1) is 0 Å². The van der Waals surface area contributed by atoms with Gasteiger partial charge in [-0.2, -0.15) is 0 Å². The van der Waals surface area contributed by atoms with E-state index in [1.807, 2.05) is 42.5 Å². The van der Waals surface area contributed by atoms with Gasteiger partial charge in [0, 0.05) is 19.7 Å². The third-order valence-electron chi connectivity index (χ3n) is 2.43. The van der Waals surface area contributed by atoms with E-state index >= 15 is 0 Å². The lowest BCUT2D eigenvalue weighted by Crippen LogP contribution is -2.21. The maximum absolute atomic E-state index is 11.8. The average molecular weight is 199 g/mol. The summed E-state index contributed by atoms with van der Waals surface area (Å²) in [7, 11) is 3.54. The minimum absolute atomic E-state index is 0.0520. The van der Waals surface area contributed by atoms with E-state index in [0.29, 0.717) is 0 Å². The van der Waals surface area contributed by atoms with E-state index in [9.17, 15) is 4.79 Å². The summed E-state index contributed by atoms with van der Waals surface area (Å²) in [6.07, 6.45) is 0. The molecule has 1 amide bonds. The predicted octanol–water partition coefficient (Wildman–Crippen LogP) is 2.49. The van der Waals surface area contributed by atoms with Crippen molar-refractivity contribution in [3.05, 3.63) is 48.0 Å². The second-order valence-electron chi connectivity index (χ2n) is 3.73. The van der Waals surface area contributed by atoms with Gasteiger partial charge in [-0.3, -0.25) is 4.79 Å². The fourth-order valence-electron chi connectivity index (χ4n) is 1.64. The van der Waals surface area contributed by atoms with Gasteiger partial charge in [0.1, 0.15) is 0 Å². The molecule has 0 unspecified atom stereocenters. The van der Waals surface area contributed by atoms with Crippen LogP contribution in [-0.4, -0.2) is 24.9 Å². The monoisotopic (exact) mass is 199 g/mol. The molecule has 0 saturated heterocycles. The van der Waals surface area contributed by atoms with Crippen molar-refractivity contribution in [3.8, 4) is 11.1 Å². The van der Waals surface area contributed by atoms with E-state index in [-0.39, 0.29) is 5.91 Å². The van der Waals surface area contributed by atoms with Gasteiger partial charge in [0.25, 0.3) is 5.91 Å². The van der Waals surface area contributed by atoms with Gasteiger partial charge in [0.2, 0.25) is 0 Å². The van der Waals surface area contributed by atoms with Crippen LogP contribution in [0, 0.1) is 0 Å². The highest BCUT2D eigenvalue weighted by atomic mass is 16.2. The fraction of sp³-hybridized carbons (Fsp3) is 0.154. The Morgan fingerprint density at radius 1 is 1.00 bits per heavy atom. The number of rotatable bonds is 1. The number of fused-ring (bicyclic) bond motifs is 1. The van der Waals surface area contributed by atoms with Crippen LogP contribution in [0.5, 0.6) is 0 Å². The first-order valence-corrected chi connectivity index (χ1v) is 4.89. The Hall–Kier alpha value is -1.83. The standard InChI is InChI=1S/C13H13NO/c1-14(2)13(15)12-9-8-10-6-4-3-5-7-11(10)12/h3-9H,1-2H3. The van der Waals surface area contributed by atoms with Crippen LogP contribution in [-0.2, 0) is 0 Å². The molecule has 0 aromatic rings. The molecule has 0 radical (unpaired) electrons. The van der Waals surface area contributed by atoms with Gasteiger partial charge in [-0.25, -0.2) is 0 Å². The van der Waals surface area contributed by atoms with Gasteiger partial charge in [-0.1, -0.05) is 36.4 Å². The molecule has 2 aliphatic rings. The van der Waals surface area contributed by atoms with Gasteiger partial charge >= 0.3 is 0 Å². The van der Waals surface area contributed by atoms with Crippen molar-refractivity contribution in [1.29, 1.82) is 0 Å². The van der Waals surface area contributed by atoms with Crippen molar-refractivity contribution in [3.63, 3.8) is 0 Å². The zero-order valence-electron chi connectivity index (χ0n) is 8.90. The number of nitrogens with zero attached hydrogens (tertiary/aromatic N) is 1. The Bertz CT molecular complexity index is 462. The smallest absolute Gasteiger partial charge is 0.253 e. The number of hydrogen-bond donors (Lipinski definition) is 0. The third-order valence-corrected chi connectivity index (χ3v) is 2.43. The third kappa shape index (κ3) is 1.71. The van der Waals surface area contributed by atoms with Crippen molar-refractivity contribution in [2.45, 2.75) is 0 Å². The molecule has 76 valence electrons. The quantitative estimate of drug-likeness (QED) is 0.691. The maximum Gasteiger partial charge on any atom is 0.253 e. The summed E-state index contributed by atoms with van der Waals surface area (Å²) in [5.74, 6) is 0.0520. The molecule has 2 rings (SSSR count). The largest absolute Gasteiger partial charge is 0.345 e. The van der Waals surface area contributed by atoms with Crippen molar-refractivity contribution >= 4 is 5.91 Å². The van der Waals surface area contributed by atoms with Crippen LogP contribution in [0.1, 0.15) is 10.4 Å². The SMILES string of the molecule is CN(C)C(=O)c1ccc2cccccc1-2. The fourth-order valence-corrected chi connectivity index (χ4v) is 1.64. The van der Waals surface area contributed by atoms with E-state index in [1.165, 1.54) is 0 Å². The van der Waals surface area contributed by atoms with E-state index in [1.54, 1.807) is 19.0 Å². The summed E-state index contributed by atoms with van der Waals surface area (Å²) in [4.78, 5) is 13.4. The molecule has 0 spiro atoms. The molecule has 0 aliphatic heterocycles. The Balaban J connectivity index is 2.54. The first-order valence-electron chi connectivity index (χ1n) is 4.89. The van der Waals surface area contributed by atoms with Crippen LogP contribution >= 0.6 is 0 Å². The summed E-state index contributed by atoms with van der Waals surface area (Å²) in [6.45, 7) is 0. The van der Waals surface area contributed by atoms with Gasteiger partial charge < -0.3 is 4.90 Å². The second-order valence-corrected chi connectivity index (χ2v) is 3.73. The Kier molecular flexibility index (Phi) is 2.42. The first kappa shape index (κ1) is 9.71. The molecule has 2 heteroatoms. The molecule has 15 heavy (non-hydrogen) atoms. The summed E-state index contributed by atoms with van der Waals surface area (Å²) in [5.41, 5.74) is 2.88. The summed E-state index contributed by atoms with van der Waals surface area (Å²) >= 11 is 0. The van der Waals surface area contributed by atoms with Gasteiger partial charge in [-0.15, -0.1) is 0 Å². The molecule has 2 aliphatic carbocycles. The Morgan fingerprint density at radius 2 is 1.73 bits per heavy atom. The van der Waals surface area contributed by atoms with Crippen LogP contribution in [0.25, 0.3) is 11.1 Å². The number of carbonyl (C=O) groups is 1. The molecule has 0 atom stereocenters. The zero-order valence-corrected chi connectivity index (χ0v) is 8.90. The van der Waals surface area contributed by atoms with E-state index < -0.39 is 0 Å². The minimum atomic E-state index is 0.0520. The van der Waals surface area contributed by atoms with Crippen molar-refractivity contribution in [1.82, 2.24) is 4.90 Å². The molecular formula is C13H13NO. The van der Waals surface area contributed by atoms with Crippen LogP contribution in [0.15, 0.2) is 42.5 Å². The summed E-state index contributed by atoms with van der Waals surface area (Å²) in [5, 5.41) is 0. The highest BCUT2D eigenvalue weighted by molar-refractivity contribution is 6.01. The number of amides is 1. The average Bonchev–Trinajstić information content (AvgIpc) is 2.46. The Labute approximate surface area is 89.5 Å². The summed E-state index contributed by atoms with van der Waals surface area (Å²) < 4.78 is 0. The van der Waals surface area contributed by atoms with Crippen LogP contribution in [0.4, 0.5) is 0 Å². The molecule has 0 saturated carbocycles. The molecule has 0 aromatic heterocycles. The van der Waals surface area contributed by atoms with Crippen molar-refractivity contribution in [2.75, 3.05) is 14.1 Å². The van der Waals surface area contributed by atoms with E-state index in [4.69, 9.17) is 0 Å². The van der Waals surface area contributed by atoms with Gasteiger partial charge in [0.15, 0.2) is 0 Å². The molecule has 0 heterocycles. The first-order chi connectivity index (χ1) is 7.20. The highest BCUT2D eigenvalue weighted by Crippen LogP contribution is 2.27. The van der Waals surface area contributed by atoms with Gasteiger partial charge in [-0.05, 0) is 17.2 Å². The van der Waals surface area contributed by atoms with Crippen LogP contribution in [0.3, 0.4) is 0 Å². The maximum atomic E-state index is 11.8. The molecule has 0 fully saturated rings. The lowest BCUT2D eigenvalue weighted by Gasteiger charge is -2.09. The molecule has 0 aromatic carbocycles. The summed E-state index contributed by atoms with van der Waals surface area (Å²) in [6, 6.07) is 13.7. The minimum Gasteiger partial charge on any atom is -0.345 e. The number of hydrogen-bond acceptors (Lipinski definition) is 1. The zero-order chi connectivity index (χ0) is 10.8. The topological polar surface area (TPSA) is 20.3 Å². The van der Waals surface area contributed by atoms with E-state index in [2.05, 4.69) is 0 Å². The molecular weight excluding hydrogens is 186 g/mol. The molecule has 0 bridgehead atoms.